The number of ether oxygens (including phenoxy) is 1. The van der Waals surface area contributed by atoms with Crippen LogP contribution >= 0.6 is 0 Å². The summed E-state index contributed by atoms with van der Waals surface area (Å²) in [6.45, 7) is 5.59. The topological polar surface area (TPSA) is 49.8 Å². The van der Waals surface area contributed by atoms with Crippen molar-refractivity contribution in [1.29, 1.82) is 0 Å². The number of hydrogen-bond donors (Lipinski definition) is 1. The van der Waals surface area contributed by atoms with Crippen molar-refractivity contribution >= 4 is 5.97 Å². The van der Waals surface area contributed by atoms with Crippen LogP contribution in [0.5, 0.6) is 0 Å². The molecule has 0 aromatic rings. The molecular weight excluding hydrogens is 206 g/mol. The number of aliphatic carboxylic acids is 1. The second-order valence-electron chi connectivity index (χ2n) is 5.02. The lowest BCUT2D eigenvalue weighted by Crippen LogP contribution is -2.48. The van der Waals surface area contributed by atoms with Crippen LogP contribution in [0.1, 0.15) is 33.1 Å². The molecule has 1 heterocycles. The minimum Gasteiger partial charge on any atom is -0.480 e. The molecule has 2 unspecified atom stereocenters. The molecule has 0 aromatic carbocycles. The van der Waals surface area contributed by atoms with E-state index < -0.39 is 5.97 Å². The summed E-state index contributed by atoms with van der Waals surface area (Å²) in [5.41, 5.74) is 0. The van der Waals surface area contributed by atoms with Crippen LogP contribution in [-0.2, 0) is 9.53 Å². The lowest BCUT2D eigenvalue weighted by Gasteiger charge is -2.35. The number of likely N-dealkylation sites (N-methyl/N-ethyl adjacent to an activating group) is 1. The van der Waals surface area contributed by atoms with Crippen LogP contribution in [0, 0.1) is 5.92 Å². The molecule has 1 fully saturated rings. The van der Waals surface area contributed by atoms with Gasteiger partial charge in [0.25, 0.3) is 0 Å². The standard InChI is InChI=1S/C12H23NO3/c1-9(2)7-11(12(14)15)13(3)10-5-4-6-16-8-10/h9-11H,4-8H2,1-3H3,(H,14,15). The number of rotatable bonds is 5. The highest BCUT2D eigenvalue weighted by atomic mass is 16.5. The molecule has 94 valence electrons. The van der Waals surface area contributed by atoms with Crippen molar-refractivity contribution in [3.63, 3.8) is 0 Å². The Morgan fingerprint density at radius 2 is 2.25 bits per heavy atom. The number of carboxylic acids is 1. The van der Waals surface area contributed by atoms with Crippen molar-refractivity contribution in [2.75, 3.05) is 20.3 Å². The monoisotopic (exact) mass is 229 g/mol. The summed E-state index contributed by atoms with van der Waals surface area (Å²) in [4.78, 5) is 13.2. The molecule has 0 radical (unpaired) electrons. The molecule has 1 aliphatic rings. The van der Waals surface area contributed by atoms with E-state index in [1.807, 2.05) is 11.9 Å². The number of carbonyl (C=O) groups is 1. The van der Waals surface area contributed by atoms with Crippen LogP contribution in [-0.4, -0.2) is 48.3 Å². The van der Waals surface area contributed by atoms with E-state index in [1.54, 1.807) is 0 Å². The molecule has 4 heteroatoms. The minimum absolute atomic E-state index is 0.258. The van der Waals surface area contributed by atoms with Gasteiger partial charge < -0.3 is 9.84 Å². The first-order valence-electron chi connectivity index (χ1n) is 6.05. The lowest BCUT2D eigenvalue weighted by molar-refractivity contribution is -0.145. The summed E-state index contributed by atoms with van der Waals surface area (Å²) >= 11 is 0. The average molecular weight is 229 g/mol. The van der Waals surface area contributed by atoms with E-state index >= 15 is 0 Å². The third kappa shape index (κ3) is 3.76. The van der Waals surface area contributed by atoms with Gasteiger partial charge in [-0.05, 0) is 32.2 Å². The third-order valence-corrected chi connectivity index (χ3v) is 3.18. The molecule has 0 aliphatic carbocycles. The molecule has 0 amide bonds. The highest BCUT2D eigenvalue weighted by Crippen LogP contribution is 2.18. The molecule has 0 spiro atoms. The Labute approximate surface area is 97.6 Å². The molecule has 1 rings (SSSR count). The van der Waals surface area contributed by atoms with Crippen LogP contribution < -0.4 is 0 Å². The van der Waals surface area contributed by atoms with Crippen molar-refractivity contribution in [2.45, 2.75) is 45.2 Å². The zero-order valence-electron chi connectivity index (χ0n) is 10.5. The maximum atomic E-state index is 11.2. The summed E-state index contributed by atoms with van der Waals surface area (Å²) < 4.78 is 5.40. The zero-order chi connectivity index (χ0) is 12.1. The van der Waals surface area contributed by atoms with Gasteiger partial charge in [0.15, 0.2) is 0 Å². The maximum Gasteiger partial charge on any atom is 0.320 e. The van der Waals surface area contributed by atoms with E-state index in [4.69, 9.17) is 4.74 Å². The predicted octanol–water partition coefficient (Wildman–Crippen LogP) is 1.60. The SMILES string of the molecule is CC(C)CC(C(=O)O)N(C)C1CCCOC1. The minimum atomic E-state index is -0.721. The van der Waals surface area contributed by atoms with E-state index in [2.05, 4.69) is 13.8 Å². The second kappa shape index (κ2) is 6.21. The third-order valence-electron chi connectivity index (χ3n) is 3.18. The van der Waals surface area contributed by atoms with Gasteiger partial charge in [0.2, 0.25) is 0 Å². The second-order valence-corrected chi connectivity index (χ2v) is 5.02. The normalized spacial score (nSPS) is 23.7. The molecule has 1 N–H and O–H groups in total. The maximum absolute atomic E-state index is 11.2. The molecule has 0 aromatic heterocycles. The molecule has 0 bridgehead atoms. The van der Waals surface area contributed by atoms with Gasteiger partial charge in [-0.3, -0.25) is 9.69 Å². The first-order valence-corrected chi connectivity index (χ1v) is 6.05. The van der Waals surface area contributed by atoms with E-state index in [9.17, 15) is 9.90 Å². The van der Waals surface area contributed by atoms with Gasteiger partial charge in [-0.25, -0.2) is 0 Å². The van der Waals surface area contributed by atoms with Gasteiger partial charge in [0.05, 0.1) is 6.61 Å². The van der Waals surface area contributed by atoms with Gasteiger partial charge in [-0.15, -0.1) is 0 Å². The first-order chi connectivity index (χ1) is 7.52. The highest BCUT2D eigenvalue weighted by Gasteiger charge is 2.29. The number of nitrogens with zero attached hydrogens (tertiary/aromatic N) is 1. The van der Waals surface area contributed by atoms with E-state index in [0.717, 1.165) is 19.4 Å². The van der Waals surface area contributed by atoms with Gasteiger partial charge in [0.1, 0.15) is 6.04 Å². The average Bonchev–Trinajstić information content (AvgIpc) is 2.25. The summed E-state index contributed by atoms with van der Waals surface area (Å²) in [5, 5.41) is 9.24. The van der Waals surface area contributed by atoms with Crippen molar-refractivity contribution in [3.05, 3.63) is 0 Å². The van der Waals surface area contributed by atoms with E-state index in [0.29, 0.717) is 18.9 Å². The summed E-state index contributed by atoms with van der Waals surface area (Å²) in [5.74, 6) is -0.324. The summed E-state index contributed by atoms with van der Waals surface area (Å²) in [7, 11) is 1.90. The van der Waals surface area contributed by atoms with Crippen LogP contribution in [0.2, 0.25) is 0 Å². The quantitative estimate of drug-likeness (QED) is 0.778. The number of hydrogen-bond acceptors (Lipinski definition) is 3. The predicted molar refractivity (Wildman–Crippen MR) is 62.5 cm³/mol. The Balaban J connectivity index is 2.58. The largest absolute Gasteiger partial charge is 0.480 e. The van der Waals surface area contributed by atoms with Crippen molar-refractivity contribution in [2.24, 2.45) is 5.92 Å². The van der Waals surface area contributed by atoms with Crippen molar-refractivity contribution in [3.8, 4) is 0 Å². The lowest BCUT2D eigenvalue weighted by atomic mass is 9.99. The van der Waals surface area contributed by atoms with Crippen LogP contribution in [0.15, 0.2) is 0 Å². The van der Waals surface area contributed by atoms with Crippen LogP contribution in [0.4, 0.5) is 0 Å². The van der Waals surface area contributed by atoms with Gasteiger partial charge in [-0.2, -0.15) is 0 Å². The molecule has 4 nitrogen and oxygen atoms in total. The molecule has 1 aliphatic heterocycles. The fraction of sp³-hybridized carbons (Fsp3) is 0.917. The Morgan fingerprint density at radius 3 is 2.69 bits per heavy atom. The van der Waals surface area contributed by atoms with Crippen molar-refractivity contribution in [1.82, 2.24) is 4.90 Å². The smallest absolute Gasteiger partial charge is 0.320 e. The fourth-order valence-corrected chi connectivity index (χ4v) is 2.19. The van der Waals surface area contributed by atoms with Crippen LogP contribution in [0.3, 0.4) is 0 Å². The van der Waals surface area contributed by atoms with Gasteiger partial charge in [0, 0.05) is 12.6 Å². The Kier molecular flexibility index (Phi) is 5.22. The molecule has 2 atom stereocenters. The van der Waals surface area contributed by atoms with Crippen LogP contribution in [0.25, 0.3) is 0 Å². The Bertz CT molecular complexity index is 224. The van der Waals surface area contributed by atoms with E-state index in [1.165, 1.54) is 0 Å². The van der Waals surface area contributed by atoms with Gasteiger partial charge >= 0.3 is 5.97 Å². The first kappa shape index (κ1) is 13.5. The zero-order valence-corrected chi connectivity index (χ0v) is 10.5. The van der Waals surface area contributed by atoms with Crippen molar-refractivity contribution < 1.29 is 14.6 Å². The molecule has 1 saturated heterocycles. The van der Waals surface area contributed by atoms with E-state index in [-0.39, 0.29) is 12.1 Å². The highest BCUT2D eigenvalue weighted by molar-refractivity contribution is 5.73. The summed E-state index contributed by atoms with van der Waals surface area (Å²) in [6, 6.07) is -0.125. The number of carboxylic acid groups (broad SMARTS) is 1. The molecule has 0 saturated carbocycles. The Morgan fingerprint density at radius 1 is 1.56 bits per heavy atom. The molecular formula is C12H23NO3. The summed E-state index contributed by atoms with van der Waals surface area (Å²) in [6.07, 6.45) is 2.77. The fourth-order valence-electron chi connectivity index (χ4n) is 2.19. The van der Waals surface area contributed by atoms with Gasteiger partial charge in [-0.1, -0.05) is 13.8 Å². The Hall–Kier alpha value is -0.610. The molecule has 16 heavy (non-hydrogen) atoms.